The van der Waals surface area contributed by atoms with Crippen LogP contribution in [0.3, 0.4) is 0 Å². The van der Waals surface area contributed by atoms with Crippen molar-refractivity contribution < 1.29 is 18.7 Å². The lowest BCUT2D eigenvalue weighted by Crippen LogP contribution is -2.40. The maximum absolute atomic E-state index is 12.1. The number of amides is 2. The summed E-state index contributed by atoms with van der Waals surface area (Å²) in [5.74, 6) is 0.358. The van der Waals surface area contributed by atoms with Gasteiger partial charge in [-0.3, -0.25) is 4.79 Å². The Morgan fingerprint density at radius 2 is 2.13 bits per heavy atom. The highest BCUT2D eigenvalue weighted by molar-refractivity contribution is 7.21. The van der Waals surface area contributed by atoms with E-state index in [0.29, 0.717) is 40.7 Å². The lowest BCUT2D eigenvalue weighted by atomic mass is 10.2. The van der Waals surface area contributed by atoms with E-state index in [2.05, 4.69) is 15.3 Å². The molecule has 0 spiro atoms. The summed E-state index contributed by atoms with van der Waals surface area (Å²) in [7, 11) is 0. The number of carbonyl (C=O) groups excluding carboxylic acids is 2. The van der Waals surface area contributed by atoms with Crippen LogP contribution in [0.4, 0.5) is 16.4 Å². The third kappa shape index (κ3) is 4.26. The Morgan fingerprint density at radius 1 is 1.35 bits per heavy atom. The largest absolute Gasteiger partial charge is 0.463 e. The average molecular weight is 445 g/mol. The first-order chi connectivity index (χ1) is 14.6. The summed E-state index contributed by atoms with van der Waals surface area (Å²) < 4.78 is 10.9. The van der Waals surface area contributed by atoms with Crippen molar-refractivity contribution in [3.05, 3.63) is 23.3 Å². The maximum Gasteiger partial charge on any atom is 0.407 e. The number of alkyl carbamates (subject to hydrolysis) is 1. The molecular weight excluding hydrogens is 420 g/mol. The van der Waals surface area contributed by atoms with Crippen LogP contribution in [-0.2, 0) is 4.74 Å². The minimum absolute atomic E-state index is 0.101. The molecule has 2 amide bonds. The Morgan fingerprint density at radius 3 is 2.77 bits per heavy atom. The molecule has 164 valence electrons. The van der Waals surface area contributed by atoms with E-state index in [9.17, 15) is 9.59 Å². The highest BCUT2D eigenvalue weighted by Crippen LogP contribution is 2.39. The summed E-state index contributed by atoms with van der Waals surface area (Å²) in [5, 5.41) is 3.43. The van der Waals surface area contributed by atoms with Crippen molar-refractivity contribution in [1.82, 2.24) is 15.3 Å². The van der Waals surface area contributed by atoms with Crippen LogP contribution in [0.15, 0.2) is 22.8 Å². The monoisotopic (exact) mass is 444 g/mol. The van der Waals surface area contributed by atoms with Crippen molar-refractivity contribution in [3.63, 3.8) is 0 Å². The number of thiophene rings is 1. The van der Waals surface area contributed by atoms with Crippen LogP contribution in [-0.4, -0.2) is 46.7 Å². The number of aromatic nitrogens is 2. The Bertz CT molecular complexity index is 1130. The van der Waals surface area contributed by atoms with Crippen LogP contribution < -0.4 is 21.7 Å². The zero-order chi connectivity index (χ0) is 22.3. The number of hydrogen-bond acceptors (Lipinski definition) is 9. The molecule has 10 nitrogen and oxygen atoms in total. The standard InChI is InChI=1S/C20H24N6O4S/c1-20(2,3)30-19(28)23-10-6-7-26(9-10)18-24-14(11-5-4-8-29-11)12-13(21)15(16(22)27)31-17(12)25-18/h4-5,8,10H,6-7,9,21H2,1-3H3,(H2,22,27)(H,23,28). The quantitative estimate of drug-likeness (QED) is 0.556. The summed E-state index contributed by atoms with van der Waals surface area (Å²) in [6.45, 7) is 6.62. The predicted molar refractivity (Wildman–Crippen MR) is 118 cm³/mol. The predicted octanol–water partition coefficient (Wildman–Crippen LogP) is 2.74. The molecule has 4 rings (SSSR count). The maximum atomic E-state index is 12.1. The van der Waals surface area contributed by atoms with Gasteiger partial charge in [0.25, 0.3) is 5.91 Å². The van der Waals surface area contributed by atoms with Gasteiger partial charge < -0.3 is 30.8 Å². The van der Waals surface area contributed by atoms with Crippen LogP contribution in [0.25, 0.3) is 21.7 Å². The van der Waals surface area contributed by atoms with Gasteiger partial charge in [0.2, 0.25) is 5.95 Å². The zero-order valence-electron chi connectivity index (χ0n) is 17.5. The van der Waals surface area contributed by atoms with E-state index in [-0.39, 0.29) is 16.6 Å². The highest BCUT2D eigenvalue weighted by Gasteiger charge is 2.29. The minimum atomic E-state index is -0.616. The molecule has 1 saturated heterocycles. The van der Waals surface area contributed by atoms with E-state index in [1.54, 1.807) is 12.1 Å². The van der Waals surface area contributed by atoms with Crippen LogP contribution in [0.2, 0.25) is 0 Å². The minimum Gasteiger partial charge on any atom is -0.463 e. The average Bonchev–Trinajstić information content (AvgIpc) is 3.39. The molecule has 0 bridgehead atoms. The van der Waals surface area contributed by atoms with Crippen molar-refractivity contribution >= 4 is 45.2 Å². The van der Waals surface area contributed by atoms with E-state index < -0.39 is 17.6 Å². The first-order valence-electron chi connectivity index (χ1n) is 9.80. The second-order valence-electron chi connectivity index (χ2n) is 8.32. The zero-order valence-corrected chi connectivity index (χ0v) is 18.3. The van der Waals surface area contributed by atoms with Gasteiger partial charge in [-0.15, -0.1) is 11.3 Å². The fourth-order valence-corrected chi connectivity index (χ4v) is 4.40. The van der Waals surface area contributed by atoms with E-state index in [0.717, 1.165) is 17.8 Å². The number of furan rings is 1. The number of carbonyl (C=O) groups is 2. The van der Waals surface area contributed by atoms with Crippen molar-refractivity contribution in [2.75, 3.05) is 23.7 Å². The summed E-state index contributed by atoms with van der Waals surface area (Å²) >= 11 is 1.13. The van der Waals surface area contributed by atoms with Crippen molar-refractivity contribution in [1.29, 1.82) is 0 Å². The van der Waals surface area contributed by atoms with Crippen molar-refractivity contribution in [3.8, 4) is 11.5 Å². The molecule has 0 radical (unpaired) electrons. The molecule has 1 atom stereocenters. The number of ether oxygens (including phenoxy) is 1. The molecule has 3 aromatic heterocycles. The molecule has 0 aliphatic carbocycles. The number of nitrogens with one attached hydrogen (secondary N) is 1. The Labute approximate surface area is 182 Å². The lowest BCUT2D eigenvalue weighted by Gasteiger charge is -2.22. The highest BCUT2D eigenvalue weighted by atomic mass is 32.1. The van der Waals surface area contributed by atoms with E-state index in [4.69, 9.17) is 20.6 Å². The molecule has 4 heterocycles. The molecule has 5 N–H and O–H groups in total. The second-order valence-corrected chi connectivity index (χ2v) is 9.32. The number of nitrogens with zero attached hydrogens (tertiary/aromatic N) is 3. The molecule has 0 aromatic carbocycles. The normalized spacial score (nSPS) is 16.6. The third-order valence-corrected chi connectivity index (χ3v) is 5.86. The van der Waals surface area contributed by atoms with E-state index in [1.807, 2.05) is 25.7 Å². The molecule has 11 heteroatoms. The van der Waals surface area contributed by atoms with Gasteiger partial charge in [0, 0.05) is 13.1 Å². The van der Waals surface area contributed by atoms with Crippen molar-refractivity contribution in [2.45, 2.75) is 38.8 Å². The fraction of sp³-hybridized carbons (Fsp3) is 0.400. The van der Waals surface area contributed by atoms with Gasteiger partial charge in [-0.1, -0.05) is 0 Å². The topological polar surface area (TPSA) is 150 Å². The number of nitrogens with two attached hydrogens (primary N) is 2. The lowest BCUT2D eigenvalue weighted by molar-refractivity contribution is 0.0508. The molecule has 3 aromatic rings. The second kappa shape index (κ2) is 7.73. The molecule has 1 aliphatic rings. The van der Waals surface area contributed by atoms with Gasteiger partial charge in [-0.05, 0) is 39.3 Å². The SMILES string of the molecule is CC(C)(C)OC(=O)NC1CCN(c2nc(-c3ccco3)c3c(N)c(C(N)=O)sc3n2)C1. The van der Waals surface area contributed by atoms with Gasteiger partial charge in [0.05, 0.1) is 23.4 Å². The Hall–Kier alpha value is -3.34. The van der Waals surface area contributed by atoms with Crippen LogP contribution >= 0.6 is 11.3 Å². The summed E-state index contributed by atoms with van der Waals surface area (Å²) in [4.78, 5) is 35.9. The smallest absolute Gasteiger partial charge is 0.407 e. The van der Waals surface area contributed by atoms with Gasteiger partial charge in [0.1, 0.15) is 21.0 Å². The molecule has 1 unspecified atom stereocenters. The van der Waals surface area contributed by atoms with Crippen LogP contribution in [0.5, 0.6) is 0 Å². The van der Waals surface area contributed by atoms with Crippen molar-refractivity contribution in [2.24, 2.45) is 5.73 Å². The number of nitrogen functional groups attached to an aromatic ring is 1. The molecule has 0 saturated carbocycles. The third-order valence-electron chi connectivity index (χ3n) is 4.75. The molecule has 1 fully saturated rings. The van der Waals surface area contributed by atoms with Gasteiger partial charge in [0.15, 0.2) is 5.76 Å². The molecular formula is C20H24N6O4S. The fourth-order valence-electron chi connectivity index (χ4n) is 3.46. The van der Waals surface area contributed by atoms with Gasteiger partial charge in [-0.25, -0.2) is 14.8 Å². The molecule has 1 aliphatic heterocycles. The number of fused-ring (bicyclic) bond motifs is 1. The first kappa shape index (κ1) is 20.9. The number of rotatable bonds is 4. The summed E-state index contributed by atoms with van der Waals surface area (Å²) in [5.41, 5.74) is 11.8. The Kier molecular flexibility index (Phi) is 5.21. The Balaban J connectivity index is 1.64. The van der Waals surface area contributed by atoms with Crippen LogP contribution in [0, 0.1) is 0 Å². The number of primary amides is 1. The summed E-state index contributed by atoms with van der Waals surface area (Å²) in [6.07, 6.45) is 1.80. The van der Waals surface area contributed by atoms with Crippen LogP contribution in [0.1, 0.15) is 36.9 Å². The number of hydrogen-bond donors (Lipinski definition) is 3. The van der Waals surface area contributed by atoms with E-state index in [1.165, 1.54) is 6.26 Å². The molecule has 31 heavy (non-hydrogen) atoms. The van der Waals surface area contributed by atoms with Gasteiger partial charge in [-0.2, -0.15) is 0 Å². The number of anilines is 2. The summed E-state index contributed by atoms with van der Waals surface area (Å²) in [6, 6.07) is 3.41. The van der Waals surface area contributed by atoms with Gasteiger partial charge >= 0.3 is 6.09 Å². The first-order valence-corrected chi connectivity index (χ1v) is 10.6. The van der Waals surface area contributed by atoms with E-state index >= 15 is 0 Å².